The van der Waals surface area contributed by atoms with Crippen LogP contribution >= 0.6 is 11.6 Å². The summed E-state index contributed by atoms with van der Waals surface area (Å²) >= 11 is 5.27. The van der Waals surface area contributed by atoms with E-state index in [4.69, 9.17) is 82.7 Å². The molecule has 0 aliphatic carbocycles. The summed E-state index contributed by atoms with van der Waals surface area (Å²) in [4.78, 5) is 0. The number of alkyl halides is 1. The minimum atomic E-state index is -2.21. The number of hydrogen-bond donors (Lipinski definition) is 21. The molecule has 0 saturated carbocycles. The van der Waals surface area contributed by atoms with E-state index in [-0.39, 0.29) is 0 Å². The van der Waals surface area contributed by atoms with Crippen LogP contribution in [0, 0.1) is 0 Å². The SMILES string of the molecule is ClCC1CO1.OCC1OC2OC3C(CO)OC(OC4C(CO)OC(OC5C(CO)OC(OC6C(CO)OC(OC7C(CO)OC(OC8C(CO)OC(OC1C(O)C2O)C(O)C8O)C(O)C7O)C(O)C6O)C(O)C5O)C(O)C4O)C(O)C3O. The van der Waals surface area contributed by atoms with E-state index < -0.39 is 261 Å². The first-order chi connectivity index (χ1) is 39.1. The topological polar surface area (TPSA) is 567 Å². The molecule has 82 heavy (non-hydrogen) atoms. The van der Waals surface area contributed by atoms with Crippen LogP contribution in [0.25, 0.3) is 0 Å². The second kappa shape index (κ2) is 29.0. The molecule has 36 nitrogen and oxygen atoms in total. The van der Waals surface area contributed by atoms with Gasteiger partial charge < -0.3 is 178 Å². The van der Waals surface area contributed by atoms with E-state index in [1.54, 1.807) is 0 Å². The van der Waals surface area contributed by atoms with Crippen molar-refractivity contribution in [2.75, 3.05) is 58.7 Å². The summed E-state index contributed by atoms with van der Waals surface area (Å²) < 4.78 is 84.2. The zero-order valence-electron chi connectivity index (χ0n) is 43.0. The summed E-state index contributed by atoms with van der Waals surface area (Å²) in [6.45, 7) is -6.45. The lowest BCUT2D eigenvalue weighted by Crippen LogP contribution is -2.68. The summed E-state index contributed by atoms with van der Waals surface area (Å²) in [5, 5.41) is 230. The Balaban J connectivity index is 0.00000167. The van der Waals surface area contributed by atoms with Crippen molar-refractivity contribution in [1.82, 2.24) is 0 Å². The van der Waals surface area contributed by atoms with Gasteiger partial charge in [0, 0.05) is 0 Å². The Morgan fingerprint density at radius 2 is 0.366 bits per heavy atom. The molecule has 0 aromatic carbocycles. The Bertz CT molecular complexity index is 1580. The van der Waals surface area contributed by atoms with Crippen molar-refractivity contribution in [3.05, 3.63) is 0 Å². The molecule has 36 atom stereocenters. The zero-order chi connectivity index (χ0) is 59.8. The van der Waals surface area contributed by atoms with Crippen LogP contribution in [0.4, 0.5) is 0 Å². The molecule has 0 aromatic heterocycles. The van der Waals surface area contributed by atoms with Gasteiger partial charge in [0.25, 0.3) is 0 Å². The molecule has 14 bridgehead atoms. The maximum Gasteiger partial charge on any atom is 0.187 e. The number of halogens is 1. The molecule has 21 N–H and O–H groups in total. The Morgan fingerprint density at radius 3 is 0.451 bits per heavy atom. The van der Waals surface area contributed by atoms with Gasteiger partial charge in [-0.25, -0.2) is 0 Å². The lowest BCUT2D eigenvalue weighted by molar-refractivity contribution is -0.396. The average molecular weight is 1230 g/mol. The molecular weight excluding hydrogens is 1150 g/mol. The molecular formula is C45H75ClO36. The summed E-state index contributed by atoms with van der Waals surface area (Å²) in [5.41, 5.74) is 0. The van der Waals surface area contributed by atoms with E-state index in [1.807, 2.05) is 0 Å². The fraction of sp³-hybridized carbons (Fsp3) is 1.00. The largest absolute Gasteiger partial charge is 0.394 e. The Hall–Kier alpha value is -1.15. The quantitative estimate of drug-likeness (QED) is 0.0793. The summed E-state index contributed by atoms with van der Waals surface area (Å²) in [6.07, 6.45) is -69.8. The van der Waals surface area contributed by atoms with Gasteiger partial charge in [-0.15, -0.1) is 11.6 Å². The Kier molecular flexibility index (Phi) is 23.6. The van der Waals surface area contributed by atoms with Crippen molar-refractivity contribution in [1.29, 1.82) is 0 Å². The van der Waals surface area contributed by atoms with E-state index >= 15 is 0 Å². The first-order valence-electron chi connectivity index (χ1n) is 26.2. The molecule has 0 spiro atoms. The number of aliphatic hydroxyl groups is 21. The van der Waals surface area contributed by atoms with E-state index in [2.05, 4.69) is 0 Å². The van der Waals surface area contributed by atoms with Crippen molar-refractivity contribution in [2.45, 2.75) is 221 Å². The normalized spacial score (nSPS) is 54.1. The third-order valence-corrected chi connectivity index (χ3v) is 15.7. The van der Waals surface area contributed by atoms with Gasteiger partial charge in [-0.1, -0.05) is 0 Å². The summed E-state index contributed by atoms with van der Waals surface area (Å²) in [6, 6.07) is 0. The van der Waals surface area contributed by atoms with Crippen molar-refractivity contribution in [3.8, 4) is 0 Å². The Labute approximate surface area is 468 Å². The second-order valence-electron chi connectivity index (χ2n) is 20.8. The molecule has 22 aliphatic rings. The van der Waals surface area contributed by atoms with E-state index in [9.17, 15) is 107 Å². The van der Waals surface area contributed by atoms with Gasteiger partial charge in [0.05, 0.1) is 64.8 Å². The second-order valence-corrected chi connectivity index (χ2v) is 21.1. The van der Waals surface area contributed by atoms with Crippen molar-refractivity contribution in [2.24, 2.45) is 0 Å². The minimum absolute atomic E-state index is 0.400. The molecule has 22 fully saturated rings. The molecule has 36 unspecified atom stereocenters. The monoisotopic (exact) mass is 1230 g/mol. The third-order valence-electron chi connectivity index (χ3n) is 15.4. The van der Waals surface area contributed by atoms with Gasteiger partial charge in [-0.3, -0.25) is 0 Å². The molecule has 22 aliphatic heterocycles. The number of epoxide rings is 1. The maximum atomic E-state index is 11.3. The third kappa shape index (κ3) is 13.8. The highest BCUT2D eigenvalue weighted by atomic mass is 35.5. The predicted octanol–water partition coefficient (Wildman–Crippen LogP) is -14.6. The lowest BCUT2D eigenvalue weighted by Gasteiger charge is -2.50. The van der Waals surface area contributed by atoms with E-state index in [0.29, 0.717) is 12.0 Å². The van der Waals surface area contributed by atoms with Crippen LogP contribution in [0.15, 0.2) is 0 Å². The van der Waals surface area contributed by atoms with Gasteiger partial charge in [0.15, 0.2) is 44.0 Å². The van der Waals surface area contributed by atoms with Crippen molar-refractivity contribution < 1.29 is 178 Å². The Morgan fingerprint density at radius 1 is 0.232 bits per heavy atom. The van der Waals surface area contributed by atoms with Gasteiger partial charge >= 0.3 is 0 Å². The molecule has 0 amide bonds. The smallest absolute Gasteiger partial charge is 0.187 e. The molecule has 22 rings (SSSR count). The molecule has 22 heterocycles. The van der Waals surface area contributed by atoms with E-state index in [0.717, 1.165) is 6.61 Å². The van der Waals surface area contributed by atoms with Crippen LogP contribution < -0.4 is 0 Å². The van der Waals surface area contributed by atoms with Crippen LogP contribution in [-0.4, -0.2) is 387 Å². The number of ether oxygens (including phenoxy) is 15. The van der Waals surface area contributed by atoms with Gasteiger partial charge in [-0.05, 0) is 0 Å². The molecule has 0 aromatic rings. The van der Waals surface area contributed by atoms with Crippen molar-refractivity contribution >= 4 is 11.6 Å². The molecule has 478 valence electrons. The fourth-order valence-corrected chi connectivity index (χ4v) is 10.8. The molecule has 22 saturated heterocycles. The molecule has 0 radical (unpaired) electrons. The van der Waals surface area contributed by atoms with Gasteiger partial charge in [-0.2, -0.15) is 0 Å². The van der Waals surface area contributed by atoms with E-state index in [1.165, 1.54) is 0 Å². The first-order valence-corrected chi connectivity index (χ1v) is 26.8. The van der Waals surface area contributed by atoms with Gasteiger partial charge in [0.1, 0.15) is 171 Å². The highest BCUT2D eigenvalue weighted by Gasteiger charge is 2.59. The summed E-state index contributed by atoms with van der Waals surface area (Å²) in [5.74, 6) is 0.667. The van der Waals surface area contributed by atoms with Crippen LogP contribution in [0.2, 0.25) is 0 Å². The predicted molar refractivity (Wildman–Crippen MR) is 249 cm³/mol. The highest BCUT2D eigenvalue weighted by Crippen LogP contribution is 2.39. The number of hydrogen-bond acceptors (Lipinski definition) is 36. The zero-order valence-corrected chi connectivity index (χ0v) is 43.8. The summed E-state index contributed by atoms with van der Waals surface area (Å²) in [7, 11) is 0. The first kappa shape index (κ1) is 66.8. The minimum Gasteiger partial charge on any atom is -0.394 e. The van der Waals surface area contributed by atoms with Crippen molar-refractivity contribution in [3.63, 3.8) is 0 Å². The number of aliphatic hydroxyl groups excluding tert-OH is 21. The lowest BCUT2D eigenvalue weighted by atomic mass is 9.95. The molecule has 37 heteroatoms. The number of rotatable bonds is 8. The highest BCUT2D eigenvalue weighted by molar-refractivity contribution is 6.18. The average Bonchev–Trinajstić information content (AvgIpc) is 4.35. The van der Waals surface area contributed by atoms with Crippen LogP contribution in [0.1, 0.15) is 0 Å². The van der Waals surface area contributed by atoms with Gasteiger partial charge in [0.2, 0.25) is 0 Å². The maximum absolute atomic E-state index is 11.3. The fourth-order valence-electron chi connectivity index (χ4n) is 10.6. The standard InChI is InChI=1S/C42H70O35.C3H5ClO/c43-1-8-29-15(50)22(57)36(64-8)72-30-9(2-44)66-38(24(59)17(30)52)74-32-11(4-46)68-40(26(61)19(32)54)76-34-13(6-48)70-42(28(63)21(34)56)77-35-14(7-49)69-41(27(62)20(35)55)75-33-12(5-47)67-39(25(60)18(33)53)73-31-10(3-45)65-37(71-29)23(58)16(31)51;4-1-3-2-5-3/h8-63H,1-7H2;3H,1-2H2. The van der Waals surface area contributed by atoms with Crippen LogP contribution in [0.3, 0.4) is 0 Å². The van der Waals surface area contributed by atoms with Crippen LogP contribution in [0.5, 0.6) is 0 Å². The van der Waals surface area contributed by atoms with Crippen LogP contribution in [-0.2, 0) is 71.1 Å².